The first-order chi connectivity index (χ1) is 18.0. The fourth-order valence-electron chi connectivity index (χ4n) is 4.38. The number of carboxylic acids is 1. The Labute approximate surface area is 234 Å². The molecule has 2 aliphatic rings. The second kappa shape index (κ2) is 15.9. The number of nitrogens with zero attached hydrogens (tertiary/aromatic N) is 3. The molecule has 2 heterocycles. The Morgan fingerprint density at radius 2 is 1.10 bits per heavy atom. The Kier molecular flexibility index (Phi) is 14.0. The number of aliphatic carboxylic acids is 1. The van der Waals surface area contributed by atoms with Gasteiger partial charge in [-0.15, -0.1) is 0 Å². The molecule has 3 amide bonds. The van der Waals surface area contributed by atoms with Crippen LogP contribution in [0.5, 0.6) is 0 Å². The van der Waals surface area contributed by atoms with Crippen LogP contribution in [0.3, 0.4) is 0 Å². The van der Waals surface area contributed by atoms with Crippen LogP contribution in [-0.2, 0) is 23.9 Å². The van der Waals surface area contributed by atoms with Crippen LogP contribution < -0.4 is 0 Å². The maximum absolute atomic E-state index is 11.9. The lowest BCUT2D eigenvalue weighted by molar-refractivity contribution is -0.169. The molecule has 0 unspecified atom stereocenters. The third kappa shape index (κ3) is 15.0. The monoisotopic (exact) mass is 557 g/mol. The van der Waals surface area contributed by atoms with E-state index in [4.69, 9.17) is 19.4 Å². The van der Waals surface area contributed by atoms with Crippen LogP contribution in [-0.4, -0.2) is 95.6 Å². The molecule has 2 fully saturated rings. The van der Waals surface area contributed by atoms with E-state index in [1.54, 1.807) is 16.8 Å². The summed E-state index contributed by atoms with van der Waals surface area (Å²) in [5, 5.41) is 9.89. The van der Waals surface area contributed by atoms with E-state index in [9.17, 15) is 19.2 Å². The fraction of sp³-hybridized carbons (Fsp3) is 0.857. The number of likely N-dealkylation sites (tertiary alicyclic amines) is 2. The van der Waals surface area contributed by atoms with Gasteiger partial charge in [0, 0.05) is 46.1 Å². The summed E-state index contributed by atoms with van der Waals surface area (Å²) in [6.45, 7) is 13.9. The predicted molar refractivity (Wildman–Crippen MR) is 147 cm³/mol. The second-order valence-electron chi connectivity index (χ2n) is 12.4. The maximum Gasteiger partial charge on any atom is 0.410 e. The number of carbonyl (C=O) groups is 4. The van der Waals surface area contributed by atoms with Crippen LogP contribution in [0.2, 0.25) is 0 Å². The molecule has 11 nitrogen and oxygen atoms in total. The van der Waals surface area contributed by atoms with Gasteiger partial charge in [-0.25, -0.2) is 14.7 Å². The van der Waals surface area contributed by atoms with Gasteiger partial charge in [-0.05, 0) is 91.9 Å². The first-order valence-corrected chi connectivity index (χ1v) is 14.0. The number of piperidine rings is 2. The normalized spacial score (nSPS) is 17.1. The van der Waals surface area contributed by atoms with Crippen molar-refractivity contribution < 1.29 is 38.6 Å². The number of rotatable bonds is 7. The lowest BCUT2D eigenvalue weighted by Gasteiger charge is -2.33. The molecule has 0 aliphatic carbocycles. The topological polar surface area (TPSA) is 126 Å². The molecule has 0 aromatic heterocycles. The minimum atomic E-state index is -0.746. The highest BCUT2D eigenvalue weighted by atomic mass is 16.7. The molecule has 2 rings (SSSR count). The van der Waals surface area contributed by atoms with Crippen molar-refractivity contribution in [2.24, 2.45) is 11.8 Å². The van der Waals surface area contributed by atoms with Crippen LogP contribution in [0.1, 0.15) is 92.9 Å². The highest BCUT2D eigenvalue weighted by Gasteiger charge is 2.28. The number of hydrogen-bond donors (Lipinski definition) is 1. The molecule has 0 saturated carbocycles. The summed E-state index contributed by atoms with van der Waals surface area (Å²) < 4.78 is 10.7. The van der Waals surface area contributed by atoms with Crippen molar-refractivity contribution >= 4 is 24.1 Å². The summed E-state index contributed by atoms with van der Waals surface area (Å²) in [7, 11) is 3.10. The molecule has 2 saturated heterocycles. The van der Waals surface area contributed by atoms with Crippen molar-refractivity contribution in [1.29, 1.82) is 0 Å². The quantitative estimate of drug-likeness (QED) is 0.437. The molecular weight excluding hydrogens is 506 g/mol. The maximum atomic E-state index is 11.9. The predicted octanol–water partition coefficient (Wildman–Crippen LogP) is 4.93. The van der Waals surface area contributed by atoms with Crippen molar-refractivity contribution in [2.75, 3.05) is 40.3 Å². The highest BCUT2D eigenvalue weighted by Crippen LogP contribution is 2.24. The Balaban J connectivity index is 0.000000395. The van der Waals surface area contributed by atoms with Gasteiger partial charge in [0.1, 0.15) is 11.2 Å². The SMILES string of the molecule is CC(C)(C)OC(=O)N1CCC(CCC(=O)O)CC1.CON(C)C(=O)CCC1CCN(C(=O)OC(C)(C)C)CC1. The number of ether oxygens (including phenoxy) is 2. The molecule has 0 bridgehead atoms. The fourth-order valence-corrected chi connectivity index (χ4v) is 4.38. The van der Waals surface area contributed by atoms with Gasteiger partial charge in [-0.1, -0.05) is 0 Å². The molecule has 226 valence electrons. The highest BCUT2D eigenvalue weighted by molar-refractivity contribution is 5.74. The van der Waals surface area contributed by atoms with Crippen molar-refractivity contribution in [2.45, 2.75) is 104 Å². The summed E-state index contributed by atoms with van der Waals surface area (Å²) in [4.78, 5) is 54.2. The Morgan fingerprint density at radius 3 is 1.41 bits per heavy atom. The van der Waals surface area contributed by atoms with E-state index in [1.807, 2.05) is 41.5 Å². The molecule has 1 N–H and O–H groups in total. The van der Waals surface area contributed by atoms with Crippen LogP contribution in [0, 0.1) is 11.8 Å². The van der Waals surface area contributed by atoms with Gasteiger partial charge in [0.05, 0.1) is 7.11 Å². The Hall–Kier alpha value is -2.56. The van der Waals surface area contributed by atoms with Crippen molar-refractivity contribution in [1.82, 2.24) is 14.9 Å². The Morgan fingerprint density at radius 1 is 0.744 bits per heavy atom. The minimum Gasteiger partial charge on any atom is -0.481 e. The molecule has 39 heavy (non-hydrogen) atoms. The molecule has 0 atom stereocenters. The zero-order chi connectivity index (χ0) is 29.8. The van der Waals surface area contributed by atoms with Gasteiger partial charge < -0.3 is 24.4 Å². The third-order valence-electron chi connectivity index (χ3n) is 6.69. The number of amides is 3. The first kappa shape index (κ1) is 34.5. The summed E-state index contributed by atoms with van der Waals surface area (Å²) >= 11 is 0. The van der Waals surface area contributed by atoms with E-state index >= 15 is 0 Å². The Bertz CT molecular complexity index is 790. The van der Waals surface area contributed by atoms with Gasteiger partial charge >= 0.3 is 18.2 Å². The first-order valence-electron chi connectivity index (χ1n) is 14.0. The second-order valence-corrected chi connectivity index (χ2v) is 12.4. The zero-order valence-electron chi connectivity index (χ0n) is 25.3. The summed E-state index contributed by atoms with van der Waals surface area (Å²) in [6.07, 6.45) is 5.33. The molecule has 0 aromatic rings. The van der Waals surface area contributed by atoms with Crippen LogP contribution in [0.25, 0.3) is 0 Å². The van der Waals surface area contributed by atoms with Crippen LogP contribution in [0.15, 0.2) is 0 Å². The van der Waals surface area contributed by atoms with E-state index in [0.29, 0.717) is 50.9 Å². The van der Waals surface area contributed by atoms with Gasteiger partial charge in [-0.2, -0.15) is 0 Å². The molecule has 0 aromatic carbocycles. The number of carbonyl (C=O) groups excluding carboxylic acids is 3. The van der Waals surface area contributed by atoms with Gasteiger partial charge in [0.15, 0.2) is 0 Å². The van der Waals surface area contributed by atoms with Gasteiger partial charge in [0.2, 0.25) is 5.91 Å². The smallest absolute Gasteiger partial charge is 0.410 e. The minimum absolute atomic E-state index is 0.00734. The zero-order valence-corrected chi connectivity index (χ0v) is 25.3. The molecular formula is C28H51N3O8. The van der Waals surface area contributed by atoms with Crippen LogP contribution >= 0.6 is 0 Å². The standard InChI is InChI=1S/C15H28N2O4.C13H23NO4/c1-15(2,3)21-14(19)17-10-8-12(9-11-17)6-7-13(18)16(4)20-5;1-13(2,3)18-12(17)14-8-6-10(7-9-14)4-5-11(15)16/h12H,6-11H2,1-5H3;10H,4-9H2,1-3H3,(H,15,16). The lowest BCUT2D eigenvalue weighted by atomic mass is 9.92. The van der Waals surface area contributed by atoms with E-state index in [-0.39, 0.29) is 24.5 Å². The number of carboxylic acid groups (broad SMARTS) is 1. The van der Waals surface area contributed by atoms with E-state index in [1.165, 1.54) is 12.2 Å². The lowest BCUT2D eigenvalue weighted by Crippen LogP contribution is -2.41. The van der Waals surface area contributed by atoms with Crippen molar-refractivity contribution in [3.05, 3.63) is 0 Å². The van der Waals surface area contributed by atoms with E-state index in [0.717, 1.165) is 32.1 Å². The average Bonchev–Trinajstić information content (AvgIpc) is 2.84. The van der Waals surface area contributed by atoms with E-state index in [2.05, 4.69) is 0 Å². The average molecular weight is 558 g/mol. The molecule has 2 aliphatic heterocycles. The molecule has 0 radical (unpaired) electrons. The summed E-state index contributed by atoms with van der Waals surface area (Å²) in [5.41, 5.74) is -0.914. The number of hydrogen-bond acceptors (Lipinski definition) is 7. The molecule has 11 heteroatoms. The summed E-state index contributed by atoms with van der Waals surface area (Å²) in [5.74, 6) is 0.148. The van der Waals surface area contributed by atoms with Gasteiger partial charge in [-0.3, -0.25) is 14.4 Å². The van der Waals surface area contributed by atoms with E-state index < -0.39 is 17.2 Å². The largest absolute Gasteiger partial charge is 0.481 e. The summed E-state index contributed by atoms with van der Waals surface area (Å²) in [6, 6.07) is 0. The van der Waals surface area contributed by atoms with Crippen molar-refractivity contribution in [3.8, 4) is 0 Å². The van der Waals surface area contributed by atoms with Crippen molar-refractivity contribution in [3.63, 3.8) is 0 Å². The molecule has 0 spiro atoms. The van der Waals surface area contributed by atoms with Gasteiger partial charge in [0.25, 0.3) is 0 Å². The van der Waals surface area contributed by atoms with Crippen LogP contribution in [0.4, 0.5) is 9.59 Å². The third-order valence-corrected chi connectivity index (χ3v) is 6.69. The number of hydroxylamine groups is 2.